The first-order chi connectivity index (χ1) is 9.01. The van der Waals surface area contributed by atoms with E-state index in [0.29, 0.717) is 29.4 Å². The molecule has 0 spiro atoms. The standard InChI is InChI=1S/C14H18N2O3/c1-10-5-11(2)8-15(7-10)13-4-3-12(9-17)6-14(13)16(18)19/h3-4,6,9-11H,5,7-8H2,1-2H3/t10-,11-/m0/s1. The van der Waals surface area contributed by atoms with Crippen LogP contribution in [-0.2, 0) is 0 Å². The number of carbonyl (C=O) groups is 1. The highest BCUT2D eigenvalue weighted by Gasteiger charge is 2.27. The number of hydrogen-bond donors (Lipinski definition) is 0. The molecule has 2 atom stereocenters. The summed E-state index contributed by atoms with van der Waals surface area (Å²) in [6.07, 6.45) is 1.79. The largest absolute Gasteiger partial charge is 0.365 e. The van der Waals surface area contributed by atoms with Crippen molar-refractivity contribution in [2.45, 2.75) is 20.3 Å². The molecule has 102 valence electrons. The highest BCUT2D eigenvalue weighted by Crippen LogP contribution is 2.33. The van der Waals surface area contributed by atoms with E-state index in [1.807, 2.05) is 0 Å². The number of aldehydes is 1. The topological polar surface area (TPSA) is 63.5 Å². The summed E-state index contributed by atoms with van der Waals surface area (Å²) in [4.78, 5) is 23.5. The van der Waals surface area contributed by atoms with Crippen molar-refractivity contribution >= 4 is 17.7 Å². The van der Waals surface area contributed by atoms with E-state index in [1.165, 1.54) is 6.07 Å². The van der Waals surface area contributed by atoms with Crippen molar-refractivity contribution in [1.29, 1.82) is 0 Å². The van der Waals surface area contributed by atoms with Gasteiger partial charge in [-0.3, -0.25) is 14.9 Å². The fraction of sp³-hybridized carbons (Fsp3) is 0.500. The van der Waals surface area contributed by atoms with Gasteiger partial charge in [0.25, 0.3) is 5.69 Å². The van der Waals surface area contributed by atoms with Gasteiger partial charge in [-0.25, -0.2) is 0 Å². The number of nitro groups is 1. The Hall–Kier alpha value is -1.91. The molecule has 5 heteroatoms. The van der Waals surface area contributed by atoms with E-state index < -0.39 is 4.92 Å². The lowest BCUT2D eigenvalue weighted by Gasteiger charge is -2.36. The van der Waals surface area contributed by atoms with Gasteiger partial charge in [0.15, 0.2) is 0 Å². The van der Waals surface area contributed by atoms with Gasteiger partial charge in [0, 0.05) is 24.7 Å². The summed E-state index contributed by atoms with van der Waals surface area (Å²) >= 11 is 0. The molecule has 0 amide bonds. The molecular formula is C14H18N2O3. The molecule has 0 bridgehead atoms. The maximum absolute atomic E-state index is 11.2. The van der Waals surface area contributed by atoms with Crippen LogP contribution in [0.5, 0.6) is 0 Å². The Morgan fingerprint density at radius 1 is 1.32 bits per heavy atom. The summed E-state index contributed by atoms with van der Waals surface area (Å²) < 4.78 is 0. The third-order valence-corrected chi connectivity index (χ3v) is 3.54. The summed E-state index contributed by atoms with van der Waals surface area (Å²) in [5, 5.41) is 11.2. The molecule has 19 heavy (non-hydrogen) atoms. The first-order valence-corrected chi connectivity index (χ1v) is 6.49. The molecule has 0 radical (unpaired) electrons. The van der Waals surface area contributed by atoms with Crippen LogP contribution in [-0.4, -0.2) is 24.3 Å². The molecule has 5 nitrogen and oxygen atoms in total. The number of nitro benzene ring substituents is 1. The number of benzene rings is 1. The average molecular weight is 262 g/mol. The minimum Gasteiger partial charge on any atom is -0.365 e. The predicted octanol–water partition coefficient (Wildman–Crippen LogP) is 2.89. The van der Waals surface area contributed by atoms with E-state index >= 15 is 0 Å². The van der Waals surface area contributed by atoms with E-state index in [9.17, 15) is 14.9 Å². The molecule has 1 aliphatic heterocycles. The second-order valence-electron chi connectivity index (χ2n) is 5.47. The number of anilines is 1. The number of piperidine rings is 1. The van der Waals surface area contributed by atoms with Crippen LogP contribution < -0.4 is 4.90 Å². The minimum atomic E-state index is -0.410. The Labute approximate surface area is 112 Å². The Balaban J connectivity index is 2.38. The summed E-state index contributed by atoms with van der Waals surface area (Å²) in [5.41, 5.74) is 0.980. The van der Waals surface area contributed by atoms with Gasteiger partial charge < -0.3 is 4.90 Å². The molecule has 1 heterocycles. The molecular weight excluding hydrogens is 244 g/mol. The monoisotopic (exact) mass is 262 g/mol. The molecule has 1 saturated heterocycles. The molecule has 1 fully saturated rings. The average Bonchev–Trinajstić information content (AvgIpc) is 2.36. The maximum Gasteiger partial charge on any atom is 0.293 e. The zero-order valence-corrected chi connectivity index (χ0v) is 11.2. The van der Waals surface area contributed by atoms with Crippen LogP contribution in [0.25, 0.3) is 0 Å². The van der Waals surface area contributed by atoms with Crippen molar-refractivity contribution < 1.29 is 9.72 Å². The first kappa shape index (κ1) is 13.5. The SMILES string of the molecule is C[C@H]1C[C@H](C)CN(c2ccc(C=O)cc2[N+](=O)[O-])C1. The molecule has 2 rings (SSSR count). The molecule has 0 saturated carbocycles. The van der Waals surface area contributed by atoms with E-state index in [-0.39, 0.29) is 5.69 Å². The smallest absolute Gasteiger partial charge is 0.293 e. The lowest BCUT2D eigenvalue weighted by atomic mass is 9.91. The number of hydrogen-bond acceptors (Lipinski definition) is 4. The second kappa shape index (κ2) is 5.38. The van der Waals surface area contributed by atoms with Crippen molar-refractivity contribution in [3.8, 4) is 0 Å². The Morgan fingerprint density at radius 3 is 2.47 bits per heavy atom. The fourth-order valence-electron chi connectivity index (χ4n) is 2.89. The third kappa shape index (κ3) is 2.92. The first-order valence-electron chi connectivity index (χ1n) is 6.49. The van der Waals surface area contributed by atoms with Gasteiger partial charge in [-0.15, -0.1) is 0 Å². The summed E-state index contributed by atoms with van der Waals surface area (Å²) in [7, 11) is 0. The summed E-state index contributed by atoms with van der Waals surface area (Å²) in [6.45, 7) is 5.97. The van der Waals surface area contributed by atoms with E-state index in [2.05, 4.69) is 18.7 Å². The Bertz CT molecular complexity index is 491. The fourth-order valence-corrected chi connectivity index (χ4v) is 2.89. The van der Waals surface area contributed by atoms with E-state index in [0.717, 1.165) is 19.5 Å². The third-order valence-electron chi connectivity index (χ3n) is 3.54. The lowest BCUT2D eigenvalue weighted by Crippen LogP contribution is -2.39. The maximum atomic E-state index is 11.2. The quantitative estimate of drug-likeness (QED) is 0.477. The Morgan fingerprint density at radius 2 is 1.95 bits per heavy atom. The van der Waals surface area contributed by atoms with Crippen LogP contribution >= 0.6 is 0 Å². The van der Waals surface area contributed by atoms with Crippen molar-refractivity contribution in [3.63, 3.8) is 0 Å². The Kier molecular flexibility index (Phi) is 3.83. The van der Waals surface area contributed by atoms with E-state index in [1.54, 1.807) is 12.1 Å². The molecule has 0 N–H and O–H groups in total. The molecule has 1 aromatic rings. The number of nitrogens with zero attached hydrogens (tertiary/aromatic N) is 2. The highest BCUT2D eigenvalue weighted by molar-refractivity contribution is 5.79. The number of rotatable bonds is 3. The normalized spacial score (nSPS) is 23.2. The minimum absolute atomic E-state index is 0.0194. The van der Waals surface area contributed by atoms with Crippen LogP contribution in [0.3, 0.4) is 0 Å². The van der Waals surface area contributed by atoms with Gasteiger partial charge >= 0.3 is 0 Å². The van der Waals surface area contributed by atoms with Crippen molar-refractivity contribution in [1.82, 2.24) is 0 Å². The molecule has 0 aromatic heterocycles. The summed E-state index contributed by atoms with van der Waals surface area (Å²) in [6, 6.07) is 4.68. The van der Waals surface area contributed by atoms with Gasteiger partial charge in [-0.05, 0) is 30.4 Å². The van der Waals surface area contributed by atoms with Crippen molar-refractivity contribution in [3.05, 3.63) is 33.9 Å². The van der Waals surface area contributed by atoms with Gasteiger partial charge in [-0.1, -0.05) is 13.8 Å². The van der Waals surface area contributed by atoms with Crippen LogP contribution in [0.1, 0.15) is 30.6 Å². The van der Waals surface area contributed by atoms with Gasteiger partial charge in [0.05, 0.1) is 4.92 Å². The van der Waals surface area contributed by atoms with Crippen molar-refractivity contribution in [2.75, 3.05) is 18.0 Å². The zero-order valence-electron chi connectivity index (χ0n) is 11.2. The van der Waals surface area contributed by atoms with Crippen LogP contribution in [0.15, 0.2) is 18.2 Å². The van der Waals surface area contributed by atoms with Gasteiger partial charge in [0.2, 0.25) is 0 Å². The van der Waals surface area contributed by atoms with Crippen molar-refractivity contribution in [2.24, 2.45) is 11.8 Å². The zero-order chi connectivity index (χ0) is 14.0. The summed E-state index contributed by atoms with van der Waals surface area (Å²) in [5.74, 6) is 1.04. The van der Waals surface area contributed by atoms with Gasteiger partial charge in [-0.2, -0.15) is 0 Å². The second-order valence-corrected chi connectivity index (χ2v) is 5.47. The van der Waals surface area contributed by atoms with E-state index in [4.69, 9.17) is 0 Å². The molecule has 0 aliphatic carbocycles. The highest BCUT2D eigenvalue weighted by atomic mass is 16.6. The van der Waals surface area contributed by atoms with Crippen LogP contribution in [0, 0.1) is 22.0 Å². The molecule has 1 aromatic carbocycles. The molecule has 0 unspecified atom stereocenters. The lowest BCUT2D eigenvalue weighted by molar-refractivity contribution is -0.384. The van der Waals surface area contributed by atoms with Crippen LogP contribution in [0.4, 0.5) is 11.4 Å². The number of carbonyl (C=O) groups excluding carboxylic acids is 1. The van der Waals surface area contributed by atoms with Crippen LogP contribution in [0.2, 0.25) is 0 Å². The predicted molar refractivity (Wildman–Crippen MR) is 73.6 cm³/mol. The van der Waals surface area contributed by atoms with Gasteiger partial charge in [0.1, 0.15) is 12.0 Å². The molecule has 1 aliphatic rings.